The average molecular weight is 399 g/mol. The van der Waals surface area contributed by atoms with E-state index in [1.54, 1.807) is 5.38 Å². The molecule has 0 aliphatic rings. The fourth-order valence-electron chi connectivity index (χ4n) is 1.92. The summed E-state index contributed by atoms with van der Waals surface area (Å²) in [5.41, 5.74) is 6.33. The topological polar surface area (TPSA) is 97.1 Å². The molecule has 0 radical (unpaired) electrons. The molecule has 1 heterocycles. The Kier molecular flexibility index (Phi) is 13.2. The van der Waals surface area contributed by atoms with Crippen LogP contribution in [0.4, 0.5) is 5.13 Å². The van der Waals surface area contributed by atoms with Crippen LogP contribution in [0.3, 0.4) is 0 Å². The molecular formula is C15H28Cl2N4O2S. The van der Waals surface area contributed by atoms with Crippen LogP contribution < -0.4 is 16.4 Å². The third-order valence-corrected chi connectivity index (χ3v) is 3.86. The minimum Gasteiger partial charge on any atom is -0.352 e. The number of carbonyl (C=O) groups excluding carboxylic acids is 2. The van der Waals surface area contributed by atoms with E-state index in [9.17, 15) is 9.59 Å². The molecule has 24 heavy (non-hydrogen) atoms. The van der Waals surface area contributed by atoms with Crippen LogP contribution in [0.15, 0.2) is 5.38 Å². The van der Waals surface area contributed by atoms with Gasteiger partial charge in [-0.1, -0.05) is 27.7 Å². The highest BCUT2D eigenvalue weighted by molar-refractivity contribution is 7.13. The van der Waals surface area contributed by atoms with Crippen LogP contribution in [0.5, 0.6) is 0 Å². The third kappa shape index (κ3) is 9.42. The van der Waals surface area contributed by atoms with Crippen molar-refractivity contribution in [1.82, 2.24) is 10.3 Å². The predicted molar refractivity (Wildman–Crippen MR) is 104 cm³/mol. The summed E-state index contributed by atoms with van der Waals surface area (Å²) in [6.07, 6.45) is 1.05. The summed E-state index contributed by atoms with van der Waals surface area (Å²) in [6, 6.07) is -0.00810. The predicted octanol–water partition coefficient (Wildman–Crippen LogP) is 2.61. The molecule has 0 bridgehead atoms. The largest absolute Gasteiger partial charge is 0.352 e. The smallest absolute Gasteiger partial charge is 0.228 e. The van der Waals surface area contributed by atoms with Crippen LogP contribution >= 0.6 is 36.2 Å². The molecule has 0 aliphatic carbocycles. The fourth-order valence-corrected chi connectivity index (χ4v) is 2.63. The summed E-state index contributed by atoms with van der Waals surface area (Å²) in [5, 5.41) is 7.97. The summed E-state index contributed by atoms with van der Waals surface area (Å²) >= 11 is 1.32. The van der Waals surface area contributed by atoms with Gasteiger partial charge in [0, 0.05) is 23.9 Å². The van der Waals surface area contributed by atoms with Gasteiger partial charge < -0.3 is 16.4 Å². The first kappa shape index (κ1) is 25.4. The lowest BCUT2D eigenvalue weighted by molar-refractivity contribution is -0.121. The first-order chi connectivity index (χ1) is 10.3. The van der Waals surface area contributed by atoms with E-state index in [1.165, 1.54) is 11.3 Å². The second kappa shape index (κ2) is 12.5. The number of hydrogen-bond donors (Lipinski definition) is 3. The molecule has 0 aliphatic heterocycles. The highest BCUT2D eigenvalue weighted by Crippen LogP contribution is 2.16. The van der Waals surface area contributed by atoms with Crippen molar-refractivity contribution < 1.29 is 9.59 Å². The number of hydrogen-bond acceptors (Lipinski definition) is 5. The van der Waals surface area contributed by atoms with Gasteiger partial charge in [-0.3, -0.25) is 9.59 Å². The Hall–Kier alpha value is -0.890. The second-order valence-electron chi connectivity index (χ2n) is 6.09. The number of carbonyl (C=O) groups is 2. The van der Waals surface area contributed by atoms with Crippen LogP contribution in [0.1, 0.15) is 39.8 Å². The molecule has 1 rings (SSSR count). The van der Waals surface area contributed by atoms with E-state index in [2.05, 4.69) is 29.5 Å². The monoisotopic (exact) mass is 398 g/mol. The molecule has 0 saturated carbocycles. The van der Waals surface area contributed by atoms with Crippen molar-refractivity contribution in [3.05, 3.63) is 11.1 Å². The lowest BCUT2D eigenvalue weighted by atomic mass is 10.0. The minimum absolute atomic E-state index is 0. The Bertz CT molecular complexity index is 509. The van der Waals surface area contributed by atoms with Crippen molar-refractivity contribution in [3.8, 4) is 0 Å². The van der Waals surface area contributed by atoms with E-state index in [0.717, 1.165) is 6.42 Å². The molecule has 1 aromatic heterocycles. The van der Waals surface area contributed by atoms with E-state index in [1.807, 2.05) is 13.8 Å². The van der Waals surface area contributed by atoms with Gasteiger partial charge in [0.1, 0.15) is 0 Å². The van der Waals surface area contributed by atoms with Gasteiger partial charge in [-0.05, 0) is 12.3 Å². The zero-order valence-electron chi connectivity index (χ0n) is 14.5. The highest BCUT2D eigenvalue weighted by atomic mass is 35.5. The van der Waals surface area contributed by atoms with Crippen LogP contribution in [-0.2, 0) is 16.0 Å². The Labute approximate surface area is 160 Å². The molecule has 0 fully saturated rings. The van der Waals surface area contributed by atoms with Gasteiger partial charge in [0.15, 0.2) is 5.13 Å². The standard InChI is InChI=1S/C15H26N4O2S.2ClH/c1-9(2)5-11(7-16)17-13(20)6-12-8-22-15(18-12)19-14(21)10(3)4;;/h8-11H,5-7,16H2,1-4H3,(H,17,20)(H,18,19,21);2*1H. The van der Waals surface area contributed by atoms with Crippen molar-refractivity contribution in [2.75, 3.05) is 11.9 Å². The summed E-state index contributed by atoms with van der Waals surface area (Å²) in [5.74, 6) is 0.205. The van der Waals surface area contributed by atoms with Crippen molar-refractivity contribution in [2.45, 2.75) is 46.6 Å². The summed E-state index contributed by atoms with van der Waals surface area (Å²) in [6.45, 7) is 8.26. The van der Waals surface area contributed by atoms with Crippen LogP contribution in [0.2, 0.25) is 0 Å². The molecule has 4 N–H and O–H groups in total. The maximum atomic E-state index is 12.0. The van der Waals surface area contributed by atoms with E-state index < -0.39 is 0 Å². The third-order valence-electron chi connectivity index (χ3n) is 3.05. The molecule has 0 aromatic carbocycles. The van der Waals surface area contributed by atoms with E-state index in [0.29, 0.717) is 23.3 Å². The number of nitrogens with zero attached hydrogens (tertiary/aromatic N) is 1. The number of nitrogens with one attached hydrogen (secondary N) is 2. The SMILES string of the molecule is CC(C)CC(CN)NC(=O)Cc1csc(NC(=O)C(C)C)n1.Cl.Cl. The first-order valence-corrected chi connectivity index (χ1v) is 8.44. The second-order valence-corrected chi connectivity index (χ2v) is 6.95. The number of halogens is 2. The van der Waals surface area contributed by atoms with Crippen molar-refractivity contribution in [1.29, 1.82) is 0 Å². The Morgan fingerprint density at radius 1 is 1.25 bits per heavy atom. The first-order valence-electron chi connectivity index (χ1n) is 7.56. The molecule has 1 unspecified atom stereocenters. The maximum Gasteiger partial charge on any atom is 0.228 e. The van der Waals surface area contributed by atoms with Crippen LogP contribution in [0, 0.1) is 11.8 Å². The average Bonchev–Trinajstić information content (AvgIpc) is 2.84. The van der Waals surface area contributed by atoms with Gasteiger partial charge in [0.2, 0.25) is 11.8 Å². The molecule has 0 spiro atoms. The van der Waals surface area contributed by atoms with E-state index >= 15 is 0 Å². The van der Waals surface area contributed by atoms with Crippen molar-refractivity contribution >= 4 is 53.1 Å². The van der Waals surface area contributed by atoms with Gasteiger partial charge in [-0.15, -0.1) is 36.2 Å². The van der Waals surface area contributed by atoms with Gasteiger partial charge in [0.25, 0.3) is 0 Å². The van der Waals surface area contributed by atoms with Crippen LogP contribution in [-0.4, -0.2) is 29.4 Å². The number of anilines is 1. The molecule has 6 nitrogen and oxygen atoms in total. The number of nitrogens with two attached hydrogens (primary N) is 1. The summed E-state index contributed by atoms with van der Waals surface area (Å²) < 4.78 is 0. The fraction of sp³-hybridized carbons (Fsp3) is 0.667. The lowest BCUT2D eigenvalue weighted by Gasteiger charge is -2.18. The van der Waals surface area contributed by atoms with Gasteiger partial charge in [-0.25, -0.2) is 4.98 Å². The normalized spacial score (nSPS) is 11.5. The summed E-state index contributed by atoms with van der Waals surface area (Å²) in [4.78, 5) is 27.9. The Morgan fingerprint density at radius 2 is 1.88 bits per heavy atom. The molecule has 9 heteroatoms. The van der Waals surface area contributed by atoms with Gasteiger partial charge in [0.05, 0.1) is 12.1 Å². The van der Waals surface area contributed by atoms with Crippen molar-refractivity contribution in [2.24, 2.45) is 17.6 Å². The number of rotatable bonds is 8. The Balaban J connectivity index is 0. The van der Waals surface area contributed by atoms with E-state index in [-0.39, 0.29) is 55.0 Å². The van der Waals surface area contributed by atoms with Gasteiger partial charge in [-0.2, -0.15) is 0 Å². The zero-order chi connectivity index (χ0) is 16.7. The minimum atomic E-state index is -0.100. The molecular weight excluding hydrogens is 371 g/mol. The number of amides is 2. The van der Waals surface area contributed by atoms with Crippen molar-refractivity contribution in [3.63, 3.8) is 0 Å². The molecule has 0 saturated heterocycles. The van der Waals surface area contributed by atoms with Gasteiger partial charge >= 0.3 is 0 Å². The zero-order valence-corrected chi connectivity index (χ0v) is 16.9. The number of aromatic nitrogens is 1. The molecule has 1 aromatic rings. The molecule has 140 valence electrons. The molecule has 1 atom stereocenters. The Morgan fingerprint density at radius 3 is 2.38 bits per heavy atom. The van der Waals surface area contributed by atoms with Crippen LogP contribution in [0.25, 0.3) is 0 Å². The number of thiazole rings is 1. The molecule has 2 amide bonds. The quantitative estimate of drug-likeness (QED) is 0.626. The maximum absolute atomic E-state index is 12.0. The summed E-state index contributed by atoms with van der Waals surface area (Å²) in [7, 11) is 0. The lowest BCUT2D eigenvalue weighted by Crippen LogP contribution is -2.41. The highest BCUT2D eigenvalue weighted by Gasteiger charge is 2.15. The van der Waals surface area contributed by atoms with E-state index in [4.69, 9.17) is 5.73 Å².